The van der Waals surface area contributed by atoms with Crippen LogP contribution >= 0.6 is 0 Å². The number of hydrogen-bond acceptors (Lipinski definition) is 5. The van der Waals surface area contributed by atoms with Gasteiger partial charge in [0.1, 0.15) is 18.6 Å². The van der Waals surface area contributed by atoms with Gasteiger partial charge in [0.05, 0.1) is 19.3 Å². The number of carbonyl (C=O) groups excluding carboxylic acids is 2. The lowest BCUT2D eigenvalue weighted by atomic mass is 9.98. The summed E-state index contributed by atoms with van der Waals surface area (Å²) in [6.07, 6.45) is 4.66. The molecule has 3 unspecified atom stereocenters. The molecule has 3 atom stereocenters. The Morgan fingerprint density at radius 2 is 1.77 bits per heavy atom. The van der Waals surface area contributed by atoms with E-state index in [0.717, 1.165) is 22.3 Å². The Labute approximate surface area is 204 Å². The first-order valence-electron chi connectivity index (χ1n) is 11.6. The fraction of sp³-hybridized carbons (Fsp3) is 0.370. The van der Waals surface area contributed by atoms with Crippen molar-refractivity contribution in [3.05, 3.63) is 59.7 Å². The molecular formula is C27H28N2O6. The average Bonchev–Trinajstić information content (AvgIpc) is 3.46. The van der Waals surface area contributed by atoms with Gasteiger partial charge in [-0.2, -0.15) is 0 Å². The maximum absolute atomic E-state index is 13.3. The zero-order chi connectivity index (χ0) is 24.9. The number of ether oxygens (including phenoxy) is 2. The highest BCUT2D eigenvalue weighted by atomic mass is 16.5. The summed E-state index contributed by atoms with van der Waals surface area (Å²) in [7, 11) is 0. The van der Waals surface area contributed by atoms with E-state index in [9.17, 15) is 19.5 Å². The number of likely N-dealkylation sites (N-methyl/N-ethyl adjacent to an activating group) is 1. The first-order chi connectivity index (χ1) is 17.0. The Hall–Kier alpha value is -3.83. The van der Waals surface area contributed by atoms with Gasteiger partial charge in [-0.3, -0.25) is 9.59 Å². The smallest absolute Gasteiger partial charge is 0.407 e. The topological polar surface area (TPSA) is 105 Å². The van der Waals surface area contributed by atoms with Crippen molar-refractivity contribution in [2.75, 3.05) is 26.4 Å². The highest BCUT2D eigenvalue weighted by Crippen LogP contribution is 2.44. The number of carboxylic acids is 1. The number of carboxylic acid groups (broad SMARTS) is 1. The van der Waals surface area contributed by atoms with E-state index in [0.29, 0.717) is 0 Å². The summed E-state index contributed by atoms with van der Waals surface area (Å²) in [5.74, 6) is -0.0231. The van der Waals surface area contributed by atoms with Crippen molar-refractivity contribution >= 4 is 18.0 Å². The molecular weight excluding hydrogens is 448 g/mol. The number of alkyl carbamates (subject to hydrolysis) is 1. The van der Waals surface area contributed by atoms with Crippen LogP contribution in [0.3, 0.4) is 0 Å². The van der Waals surface area contributed by atoms with E-state index in [4.69, 9.17) is 15.9 Å². The predicted octanol–water partition coefficient (Wildman–Crippen LogP) is 2.87. The van der Waals surface area contributed by atoms with E-state index in [1.54, 1.807) is 6.92 Å². The van der Waals surface area contributed by atoms with E-state index >= 15 is 0 Å². The predicted molar refractivity (Wildman–Crippen MR) is 129 cm³/mol. The zero-order valence-corrected chi connectivity index (χ0v) is 19.5. The number of nitrogens with zero attached hydrogens (tertiary/aromatic N) is 1. The van der Waals surface area contributed by atoms with Crippen molar-refractivity contribution in [3.8, 4) is 23.5 Å². The molecule has 1 aliphatic heterocycles. The van der Waals surface area contributed by atoms with Gasteiger partial charge in [0.15, 0.2) is 0 Å². The van der Waals surface area contributed by atoms with Crippen LogP contribution in [0, 0.1) is 18.3 Å². The van der Waals surface area contributed by atoms with Gasteiger partial charge in [-0.1, -0.05) is 48.5 Å². The molecule has 0 spiro atoms. The number of terminal acetylenes is 1. The quantitative estimate of drug-likeness (QED) is 0.568. The third-order valence-corrected chi connectivity index (χ3v) is 6.65. The monoisotopic (exact) mass is 476 g/mol. The Kier molecular flexibility index (Phi) is 7.37. The summed E-state index contributed by atoms with van der Waals surface area (Å²) in [5, 5.41) is 12.1. The molecule has 0 radical (unpaired) electrons. The van der Waals surface area contributed by atoms with Gasteiger partial charge in [0.2, 0.25) is 5.91 Å². The molecule has 4 rings (SSSR count). The Morgan fingerprint density at radius 3 is 2.34 bits per heavy atom. The lowest BCUT2D eigenvalue weighted by molar-refractivity contribution is -0.145. The van der Waals surface area contributed by atoms with Crippen molar-refractivity contribution in [2.24, 2.45) is 5.92 Å². The number of rotatable bonds is 8. The number of aliphatic carboxylic acids is 1. The summed E-state index contributed by atoms with van der Waals surface area (Å²) in [5.41, 5.74) is 4.39. The molecule has 0 aromatic heterocycles. The lowest BCUT2D eigenvalue weighted by Gasteiger charge is -2.32. The summed E-state index contributed by atoms with van der Waals surface area (Å²) >= 11 is 0. The van der Waals surface area contributed by atoms with Gasteiger partial charge in [0, 0.05) is 18.9 Å². The molecule has 0 saturated carbocycles. The van der Waals surface area contributed by atoms with Gasteiger partial charge in [-0.25, -0.2) is 4.79 Å². The fourth-order valence-corrected chi connectivity index (χ4v) is 4.94. The van der Waals surface area contributed by atoms with Crippen LogP contribution in [0.4, 0.5) is 4.79 Å². The minimum atomic E-state index is -1.04. The zero-order valence-electron chi connectivity index (χ0n) is 19.5. The SMILES string of the molecule is C#CCC(NC(=O)OCC1c2ccccc2-c2ccccc21)C(=O)N(CC)C1COCC1C(=O)O. The highest BCUT2D eigenvalue weighted by molar-refractivity contribution is 5.87. The highest BCUT2D eigenvalue weighted by Gasteiger charge is 2.41. The maximum Gasteiger partial charge on any atom is 0.407 e. The number of hydrogen-bond donors (Lipinski definition) is 2. The number of benzene rings is 2. The summed E-state index contributed by atoms with van der Waals surface area (Å²) in [4.78, 5) is 39.0. The molecule has 35 heavy (non-hydrogen) atoms. The van der Waals surface area contributed by atoms with Crippen LogP contribution in [0.2, 0.25) is 0 Å². The summed E-state index contributed by atoms with van der Waals surface area (Å²) in [6.45, 7) is 2.25. The van der Waals surface area contributed by atoms with Crippen molar-refractivity contribution in [3.63, 3.8) is 0 Å². The molecule has 1 saturated heterocycles. The minimum absolute atomic E-state index is 0.0311. The van der Waals surface area contributed by atoms with Gasteiger partial charge < -0.3 is 24.8 Å². The van der Waals surface area contributed by atoms with Gasteiger partial charge in [-0.05, 0) is 29.2 Å². The van der Waals surface area contributed by atoms with Crippen molar-refractivity contribution < 1.29 is 29.0 Å². The summed E-state index contributed by atoms with van der Waals surface area (Å²) in [6, 6.07) is 14.3. The second-order valence-corrected chi connectivity index (χ2v) is 8.60. The molecule has 2 amide bonds. The van der Waals surface area contributed by atoms with Crippen molar-refractivity contribution in [1.82, 2.24) is 10.2 Å². The van der Waals surface area contributed by atoms with E-state index in [1.807, 2.05) is 48.5 Å². The van der Waals surface area contributed by atoms with E-state index in [-0.39, 0.29) is 38.7 Å². The molecule has 0 bridgehead atoms. The third-order valence-electron chi connectivity index (χ3n) is 6.65. The number of carbonyl (C=O) groups is 3. The van der Waals surface area contributed by atoms with Crippen LogP contribution in [0.25, 0.3) is 11.1 Å². The normalized spacial score (nSPS) is 19.2. The molecule has 8 heteroatoms. The maximum atomic E-state index is 13.3. The van der Waals surface area contributed by atoms with Crippen molar-refractivity contribution in [1.29, 1.82) is 0 Å². The van der Waals surface area contributed by atoms with Crippen LogP contribution in [-0.2, 0) is 19.1 Å². The molecule has 182 valence electrons. The van der Waals surface area contributed by atoms with Gasteiger partial charge >= 0.3 is 12.1 Å². The van der Waals surface area contributed by atoms with Gasteiger partial charge in [-0.15, -0.1) is 12.3 Å². The molecule has 2 aromatic rings. The molecule has 2 aliphatic rings. The Bertz CT molecular complexity index is 1110. The van der Waals surface area contributed by atoms with Crippen LogP contribution in [0.5, 0.6) is 0 Å². The number of fused-ring (bicyclic) bond motifs is 3. The standard InChI is InChI=1S/C27H28N2O6/c1-3-9-23(25(30)29(4-2)24-16-34-14-22(24)26(31)32)28-27(33)35-15-21-19-12-7-5-10-17(19)18-11-6-8-13-20(18)21/h1,5-8,10-13,21-24H,4,9,14-16H2,2H3,(H,28,33)(H,31,32). The molecule has 2 N–H and O–H groups in total. The number of nitrogens with one attached hydrogen (secondary N) is 1. The van der Waals surface area contributed by atoms with E-state index < -0.39 is 36.0 Å². The molecule has 1 aliphatic carbocycles. The molecule has 1 heterocycles. The van der Waals surface area contributed by atoms with Crippen LogP contribution in [-0.4, -0.2) is 66.4 Å². The fourth-order valence-electron chi connectivity index (χ4n) is 4.94. The Balaban J connectivity index is 1.44. The molecule has 2 aromatic carbocycles. The second kappa shape index (κ2) is 10.6. The third kappa shape index (κ3) is 4.86. The summed E-state index contributed by atoms with van der Waals surface area (Å²) < 4.78 is 10.9. The van der Waals surface area contributed by atoms with Crippen LogP contribution in [0.1, 0.15) is 30.4 Å². The second-order valence-electron chi connectivity index (χ2n) is 8.60. The molecule has 8 nitrogen and oxygen atoms in total. The number of amides is 2. The first kappa shape index (κ1) is 24.3. The lowest BCUT2D eigenvalue weighted by Crippen LogP contribution is -2.54. The van der Waals surface area contributed by atoms with Crippen molar-refractivity contribution in [2.45, 2.75) is 31.3 Å². The van der Waals surface area contributed by atoms with E-state index in [1.165, 1.54) is 4.90 Å². The van der Waals surface area contributed by atoms with Gasteiger partial charge in [0.25, 0.3) is 0 Å². The van der Waals surface area contributed by atoms with Crippen LogP contribution in [0.15, 0.2) is 48.5 Å². The molecule has 1 fully saturated rings. The average molecular weight is 477 g/mol. The van der Waals surface area contributed by atoms with Crippen LogP contribution < -0.4 is 5.32 Å². The van der Waals surface area contributed by atoms with E-state index in [2.05, 4.69) is 11.2 Å². The minimum Gasteiger partial charge on any atom is -0.481 e. The Morgan fingerprint density at radius 1 is 1.14 bits per heavy atom. The largest absolute Gasteiger partial charge is 0.481 e. The first-order valence-corrected chi connectivity index (χ1v) is 11.6.